The number of hydrogen-bond acceptors (Lipinski definition) is 2. The van der Waals surface area contributed by atoms with Crippen LogP contribution in [0.5, 0.6) is 0 Å². The molecule has 0 heterocycles. The Hall–Kier alpha value is -1.57. The second-order valence-electron chi connectivity index (χ2n) is 13.9. The molecule has 0 N–H and O–H groups in total. The first-order valence-corrected chi connectivity index (χ1v) is 15.2. The Balaban J connectivity index is 1.27. The summed E-state index contributed by atoms with van der Waals surface area (Å²) in [5, 5.41) is 0. The minimum atomic E-state index is -0.145. The summed E-state index contributed by atoms with van der Waals surface area (Å²) in [6.07, 6.45) is 15.7. The van der Waals surface area contributed by atoms with Crippen molar-refractivity contribution >= 4 is 5.97 Å². The summed E-state index contributed by atoms with van der Waals surface area (Å²) < 4.78 is 6.03. The van der Waals surface area contributed by atoms with Gasteiger partial charge in [-0.25, -0.2) is 4.79 Å². The first-order chi connectivity index (χ1) is 17.2. The van der Waals surface area contributed by atoms with Crippen LogP contribution in [-0.2, 0) is 4.74 Å². The minimum Gasteiger partial charge on any atom is -0.459 e. The summed E-state index contributed by atoms with van der Waals surface area (Å²) in [4.78, 5) is 12.7. The van der Waals surface area contributed by atoms with Crippen LogP contribution in [0.3, 0.4) is 0 Å². The van der Waals surface area contributed by atoms with Crippen molar-refractivity contribution in [2.24, 2.45) is 40.4 Å². The molecule has 0 radical (unpaired) electrons. The van der Waals surface area contributed by atoms with Gasteiger partial charge in [-0.3, -0.25) is 0 Å². The smallest absolute Gasteiger partial charge is 0.338 e. The van der Waals surface area contributed by atoms with E-state index in [1.54, 1.807) is 0 Å². The monoisotopic (exact) mass is 490 g/mol. The number of carbonyl (C=O) groups excluding carboxylic acids is 1. The number of ether oxygens (including phenoxy) is 1. The average Bonchev–Trinajstić information content (AvgIpc) is 3.22. The number of fused-ring (bicyclic) bond motifs is 4. The molecule has 1 aromatic carbocycles. The molecule has 1 aromatic rings. The fourth-order valence-corrected chi connectivity index (χ4v) is 9.35. The highest BCUT2D eigenvalue weighted by atomic mass is 16.5. The van der Waals surface area contributed by atoms with Crippen molar-refractivity contribution in [2.45, 2.75) is 118 Å². The molecule has 0 saturated heterocycles. The summed E-state index contributed by atoms with van der Waals surface area (Å²) in [6, 6.07) is 9.52. The van der Waals surface area contributed by atoms with Gasteiger partial charge in [-0.2, -0.15) is 0 Å². The van der Waals surface area contributed by atoms with Crippen molar-refractivity contribution in [3.63, 3.8) is 0 Å². The lowest BCUT2D eigenvalue weighted by Crippen LogP contribution is -2.46. The lowest BCUT2D eigenvalue weighted by atomic mass is 9.50. The molecule has 0 aliphatic heterocycles. The summed E-state index contributed by atoms with van der Waals surface area (Å²) in [6.45, 7) is 12.5. The van der Waals surface area contributed by atoms with Crippen molar-refractivity contribution in [2.75, 3.05) is 0 Å². The van der Waals surface area contributed by atoms with Crippen LogP contribution >= 0.6 is 0 Å². The van der Waals surface area contributed by atoms with E-state index in [4.69, 9.17) is 4.74 Å². The van der Waals surface area contributed by atoms with Crippen molar-refractivity contribution in [3.8, 4) is 0 Å². The Morgan fingerprint density at radius 2 is 1.75 bits per heavy atom. The number of hydrogen-bond donors (Lipinski definition) is 0. The molecule has 0 amide bonds. The Kier molecular flexibility index (Phi) is 7.45. The van der Waals surface area contributed by atoms with Crippen LogP contribution in [0.4, 0.5) is 0 Å². The van der Waals surface area contributed by atoms with Gasteiger partial charge in [-0.15, -0.1) is 0 Å². The highest BCUT2D eigenvalue weighted by molar-refractivity contribution is 5.89. The lowest BCUT2D eigenvalue weighted by Gasteiger charge is -2.55. The summed E-state index contributed by atoms with van der Waals surface area (Å²) in [7, 11) is 0. The van der Waals surface area contributed by atoms with Gasteiger partial charge in [0, 0.05) is 0 Å². The van der Waals surface area contributed by atoms with E-state index >= 15 is 0 Å². The molecule has 4 aliphatic rings. The van der Waals surface area contributed by atoms with E-state index in [0.29, 0.717) is 22.3 Å². The normalized spacial score (nSPS) is 36.7. The molecule has 7 atom stereocenters. The van der Waals surface area contributed by atoms with E-state index in [-0.39, 0.29) is 12.1 Å². The molecule has 0 aromatic heterocycles. The third-order valence-corrected chi connectivity index (χ3v) is 11.4. The quantitative estimate of drug-likeness (QED) is 0.281. The highest BCUT2D eigenvalue weighted by Gasteiger charge is 2.56. The Bertz CT molecular complexity index is 961. The molecule has 198 valence electrons. The number of carbonyl (C=O) groups is 1. The molecular weight excluding hydrogens is 440 g/mol. The molecule has 0 bridgehead atoms. The molecule has 4 aliphatic carbocycles. The standard InChI is InChI=1S/C34H50O2/c1-23(2)10-9-11-24(3)29-16-17-30-28-15-14-26-22-27(36-32(35)25-12-7-6-8-13-25)18-20-33(26,4)31(28)19-21-34(29,30)5/h6-8,12-13,23-24,26-27,29-30H,9-11,14-22H2,1-5H3/t24-,26+,27+,29-,30-,33+,34-/m1/s1. The maximum Gasteiger partial charge on any atom is 0.338 e. The predicted octanol–water partition coefficient (Wildman–Crippen LogP) is 9.40. The van der Waals surface area contributed by atoms with E-state index in [2.05, 4.69) is 34.6 Å². The van der Waals surface area contributed by atoms with E-state index in [0.717, 1.165) is 36.5 Å². The second kappa shape index (κ2) is 10.3. The second-order valence-corrected chi connectivity index (χ2v) is 13.9. The Morgan fingerprint density at radius 3 is 2.50 bits per heavy atom. The molecule has 2 nitrogen and oxygen atoms in total. The number of benzene rings is 1. The number of esters is 1. The van der Waals surface area contributed by atoms with Crippen LogP contribution in [0.2, 0.25) is 0 Å². The van der Waals surface area contributed by atoms with Gasteiger partial charge in [0.25, 0.3) is 0 Å². The predicted molar refractivity (Wildman–Crippen MR) is 149 cm³/mol. The van der Waals surface area contributed by atoms with Gasteiger partial charge in [-0.1, -0.05) is 83.2 Å². The molecule has 2 heteroatoms. The third-order valence-electron chi connectivity index (χ3n) is 11.4. The van der Waals surface area contributed by atoms with E-state index in [9.17, 15) is 4.79 Å². The Labute approximate surface area is 220 Å². The van der Waals surface area contributed by atoms with Crippen molar-refractivity contribution in [3.05, 3.63) is 47.0 Å². The van der Waals surface area contributed by atoms with Crippen LogP contribution in [0.15, 0.2) is 41.5 Å². The third kappa shape index (κ3) is 4.71. The van der Waals surface area contributed by atoms with E-state index in [1.165, 1.54) is 64.2 Å². The average molecular weight is 491 g/mol. The van der Waals surface area contributed by atoms with Crippen LogP contribution in [0.25, 0.3) is 0 Å². The number of allylic oxidation sites excluding steroid dienone is 2. The van der Waals surface area contributed by atoms with Crippen LogP contribution in [0, 0.1) is 40.4 Å². The van der Waals surface area contributed by atoms with Gasteiger partial charge in [0.1, 0.15) is 6.10 Å². The van der Waals surface area contributed by atoms with Crippen molar-refractivity contribution < 1.29 is 9.53 Å². The first kappa shape index (κ1) is 26.1. The van der Waals surface area contributed by atoms with Gasteiger partial charge in [0.15, 0.2) is 0 Å². The van der Waals surface area contributed by atoms with Crippen LogP contribution < -0.4 is 0 Å². The highest BCUT2D eigenvalue weighted by Crippen LogP contribution is 2.66. The van der Waals surface area contributed by atoms with Crippen LogP contribution in [0.1, 0.15) is 122 Å². The van der Waals surface area contributed by atoms with Gasteiger partial charge >= 0.3 is 5.97 Å². The summed E-state index contributed by atoms with van der Waals surface area (Å²) in [5.74, 6) is 3.94. The maximum absolute atomic E-state index is 12.7. The van der Waals surface area contributed by atoms with E-state index in [1.807, 2.05) is 41.5 Å². The Morgan fingerprint density at radius 1 is 0.972 bits per heavy atom. The van der Waals surface area contributed by atoms with Crippen molar-refractivity contribution in [1.29, 1.82) is 0 Å². The topological polar surface area (TPSA) is 26.3 Å². The van der Waals surface area contributed by atoms with Crippen molar-refractivity contribution in [1.82, 2.24) is 0 Å². The van der Waals surface area contributed by atoms with Gasteiger partial charge in [-0.05, 0) is 110 Å². The molecule has 0 unspecified atom stereocenters. The summed E-state index contributed by atoms with van der Waals surface area (Å²) >= 11 is 0. The van der Waals surface area contributed by atoms with Gasteiger partial charge < -0.3 is 4.74 Å². The molecule has 5 rings (SSSR count). The maximum atomic E-state index is 12.7. The molecule has 36 heavy (non-hydrogen) atoms. The molecule has 2 fully saturated rings. The van der Waals surface area contributed by atoms with Gasteiger partial charge in [0.2, 0.25) is 0 Å². The molecule has 0 spiro atoms. The summed E-state index contributed by atoms with van der Waals surface area (Å²) in [5.41, 5.74) is 5.26. The SMILES string of the molecule is CC(C)CCC[C@@H](C)[C@H]1CC[C@@H]2C3=C(CC[C@@]21C)[C@@]1(C)CC[C@H](OC(=O)c2ccccc2)C[C@@H]1CC3. The van der Waals surface area contributed by atoms with Crippen LogP contribution in [-0.4, -0.2) is 12.1 Å². The molecular formula is C34H50O2. The largest absolute Gasteiger partial charge is 0.459 e. The zero-order chi connectivity index (χ0) is 25.5. The fraction of sp³-hybridized carbons (Fsp3) is 0.735. The van der Waals surface area contributed by atoms with E-state index < -0.39 is 0 Å². The zero-order valence-corrected chi connectivity index (χ0v) is 23.7. The molecule has 2 saturated carbocycles. The number of rotatable bonds is 7. The fourth-order valence-electron chi connectivity index (χ4n) is 9.35. The zero-order valence-electron chi connectivity index (χ0n) is 23.7. The minimum absolute atomic E-state index is 0.0781. The lowest BCUT2D eigenvalue weighted by molar-refractivity contribution is -0.0157. The first-order valence-electron chi connectivity index (χ1n) is 15.2. The van der Waals surface area contributed by atoms with Gasteiger partial charge in [0.05, 0.1) is 5.56 Å².